The van der Waals surface area contributed by atoms with Crippen LogP contribution >= 0.6 is 15.9 Å². The highest BCUT2D eigenvalue weighted by Crippen LogP contribution is 2.15. The van der Waals surface area contributed by atoms with Crippen LogP contribution in [0.4, 0.5) is 0 Å². The first-order chi connectivity index (χ1) is 9.74. The molecule has 104 valence electrons. The second kappa shape index (κ2) is 7.55. The topological polar surface area (TPSA) is 48.7 Å². The van der Waals surface area contributed by atoms with E-state index in [1.165, 1.54) is 12.3 Å². The van der Waals surface area contributed by atoms with Crippen LogP contribution in [0.25, 0.3) is 6.08 Å². The summed E-state index contributed by atoms with van der Waals surface area (Å²) in [7, 11) is 0. The molecular weight excluding hydrogens is 324 g/mol. The van der Waals surface area contributed by atoms with Gasteiger partial charge in [0.25, 0.3) is 0 Å². The molecule has 0 aliphatic carbocycles. The molecule has 5 heteroatoms. The molecule has 0 atom stereocenters. The number of carbonyl (C=O) groups is 1. The number of halogens is 1. The molecule has 0 N–H and O–H groups in total. The van der Waals surface area contributed by atoms with E-state index in [9.17, 15) is 4.79 Å². The second-order valence-corrected chi connectivity index (χ2v) is 4.73. The summed E-state index contributed by atoms with van der Waals surface area (Å²) in [6.07, 6.45) is 4.41. The Morgan fingerprint density at radius 2 is 2.00 bits per heavy atom. The zero-order chi connectivity index (χ0) is 14.2. The highest BCUT2D eigenvalue weighted by molar-refractivity contribution is 9.10. The third-order valence-corrected chi connectivity index (χ3v) is 2.87. The maximum absolute atomic E-state index is 11.4. The first-order valence-electron chi connectivity index (χ1n) is 6.01. The van der Waals surface area contributed by atoms with Crippen LogP contribution in [0.3, 0.4) is 0 Å². The number of esters is 1. The van der Waals surface area contributed by atoms with E-state index in [1.54, 1.807) is 18.2 Å². The summed E-state index contributed by atoms with van der Waals surface area (Å²) in [6.45, 7) is 0.499. The molecule has 4 nitrogen and oxygen atoms in total. The average molecular weight is 337 g/mol. The van der Waals surface area contributed by atoms with E-state index in [2.05, 4.69) is 15.9 Å². The monoisotopic (exact) mass is 336 g/mol. The minimum atomic E-state index is -0.430. The quantitative estimate of drug-likeness (QED) is 0.458. The summed E-state index contributed by atoms with van der Waals surface area (Å²) in [4.78, 5) is 11.4. The molecule has 0 saturated heterocycles. The van der Waals surface area contributed by atoms with Crippen molar-refractivity contribution < 1.29 is 18.7 Å². The van der Waals surface area contributed by atoms with Crippen molar-refractivity contribution in [3.8, 4) is 5.75 Å². The molecule has 0 saturated carbocycles. The lowest BCUT2D eigenvalue weighted by molar-refractivity contribution is -0.138. The Labute approximate surface area is 125 Å². The largest absolute Gasteiger partial charge is 0.490 e. The first-order valence-corrected chi connectivity index (χ1v) is 6.80. The van der Waals surface area contributed by atoms with Crippen molar-refractivity contribution in [2.75, 3.05) is 13.2 Å². The van der Waals surface area contributed by atoms with E-state index in [1.807, 2.05) is 24.3 Å². The lowest BCUT2D eigenvalue weighted by Gasteiger charge is -2.06. The van der Waals surface area contributed by atoms with E-state index < -0.39 is 5.97 Å². The molecule has 0 amide bonds. The van der Waals surface area contributed by atoms with Gasteiger partial charge in [0.2, 0.25) is 0 Å². The highest BCUT2D eigenvalue weighted by atomic mass is 79.9. The number of rotatable bonds is 6. The summed E-state index contributed by atoms with van der Waals surface area (Å²) in [5, 5.41) is 0. The fraction of sp³-hybridized carbons (Fsp3) is 0.133. The molecule has 0 fully saturated rings. The maximum atomic E-state index is 11.4. The van der Waals surface area contributed by atoms with Crippen LogP contribution < -0.4 is 4.74 Å². The minimum Gasteiger partial charge on any atom is -0.490 e. The number of furan rings is 1. The normalized spacial score (nSPS) is 10.7. The van der Waals surface area contributed by atoms with Gasteiger partial charge in [0.15, 0.2) is 0 Å². The molecule has 1 aromatic carbocycles. The predicted octanol–water partition coefficient (Wildman–Crippen LogP) is 3.68. The number of carbonyl (C=O) groups excluding carboxylic acids is 1. The van der Waals surface area contributed by atoms with Gasteiger partial charge in [-0.15, -0.1) is 0 Å². The first kappa shape index (κ1) is 14.4. The van der Waals surface area contributed by atoms with E-state index in [0.29, 0.717) is 12.4 Å². The smallest absolute Gasteiger partial charge is 0.331 e. The van der Waals surface area contributed by atoms with E-state index in [4.69, 9.17) is 13.9 Å². The fourth-order valence-electron chi connectivity index (χ4n) is 1.42. The van der Waals surface area contributed by atoms with E-state index in [0.717, 1.165) is 10.2 Å². The van der Waals surface area contributed by atoms with Crippen molar-refractivity contribution in [3.63, 3.8) is 0 Å². The Bertz CT molecular complexity index is 558. The van der Waals surface area contributed by atoms with Gasteiger partial charge in [0, 0.05) is 10.5 Å². The minimum absolute atomic E-state index is 0.192. The number of ether oxygens (including phenoxy) is 2. The zero-order valence-electron chi connectivity index (χ0n) is 10.6. The Hall–Kier alpha value is -2.01. The van der Waals surface area contributed by atoms with Crippen molar-refractivity contribution in [2.24, 2.45) is 0 Å². The molecule has 0 aliphatic rings. The third-order valence-electron chi connectivity index (χ3n) is 2.34. The summed E-state index contributed by atoms with van der Waals surface area (Å²) < 4.78 is 16.4. The molecule has 2 rings (SSSR count). The second-order valence-electron chi connectivity index (χ2n) is 3.82. The molecule has 0 radical (unpaired) electrons. The van der Waals surface area contributed by atoms with Crippen molar-refractivity contribution in [1.29, 1.82) is 0 Å². The Morgan fingerprint density at radius 1 is 1.20 bits per heavy atom. The standard InChI is InChI=1S/C15H13BrO4/c16-12-3-5-14(6-4-12)19-10-11-20-15(17)8-7-13-2-1-9-18-13/h1-9H,10-11H2/b8-7+. The fourth-order valence-corrected chi connectivity index (χ4v) is 1.68. The Kier molecular flexibility index (Phi) is 5.43. The van der Waals surface area contributed by atoms with Gasteiger partial charge in [-0.1, -0.05) is 15.9 Å². The average Bonchev–Trinajstić information content (AvgIpc) is 2.96. The van der Waals surface area contributed by atoms with Gasteiger partial charge in [-0.3, -0.25) is 0 Å². The predicted molar refractivity (Wildman–Crippen MR) is 78.3 cm³/mol. The number of hydrogen-bond donors (Lipinski definition) is 0. The number of hydrogen-bond acceptors (Lipinski definition) is 4. The zero-order valence-corrected chi connectivity index (χ0v) is 12.2. The van der Waals surface area contributed by atoms with Gasteiger partial charge in [-0.2, -0.15) is 0 Å². The molecule has 20 heavy (non-hydrogen) atoms. The summed E-state index contributed by atoms with van der Waals surface area (Å²) in [5.41, 5.74) is 0. The van der Waals surface area contributed by atoms with E-state index in [-0.39, 0.29) is 6.61 Å². The van der Waals surface area contributed by atoms with Crippen LogP contribution in [0.2, 0.25) is 0 Å². The molecule has 0 unspecified atom stereocenters. The Morgan fingerprint density at radius 3 is 2.70 bits per heavy atom. The molecule has 1 heterocycles. The maximum Gasteiger partial charge on any atom is 0.331 e. The number of benzene rings is 1. The molecule has 2 aromatic rings. The van der Waals surface area contributed by atoms with Gasteiger partial charge < -0.3 is 13.9 Å². The van der Waals surface area contributed by atoms with Crippen molar-refractivity contribution >= 4 is 28.0 Å². The van der Waals surface area contributed by atoms with Crippen LogP contribution in [-0.4, -0.2) is 19.2 Å². The van der Waals surface area contributed by atoms with Crippen LogP contribution in [0.1, 0.15) is 5.76 Å². The van der Waals surface area contributed by atoms with Crippen LogP contribution in [-0.2, 0) is 9.53 Å². The summed E-state index contributed by atoms with van der Waals surface area (Å²) in [6, 6.07) is 10.9. The SMILES string of the molecule is O=C(/C=C/c1ccco1)OCCOc1ccc(Br)cc1. The van der Waals surface area contributed by atoms with Crippen molar-refractivity contribution in [3.05, 3.63) is 59.0 Å². The van der Waals surface area contributed by atoms with Crippen molar-refractivity contribution in [2.45, 2.75) is 0 Å². The van der Waals surface area contributed by atoms with Gasteiger partial charge >= 0.3 is 5.97 Å². The Balaban J connectivity index is 1.65. The van der Waals surface area contributed by atoms with Gasteiger partial charge in [-0.05, 0) is 42.5 Å². The van der Waals surface area contributed by atoms with Crippen LogP contribution in [0, 0.1) is 0 Å². The summed E-state index contributed by atoms with van der Waals surface area (Å²) in [5.74, 6) is 0.907. The third kappa shape index (κ3) is 4.93. The lowest BCUT2D eigenvalue weighted by atomic mass is 10.3. The van der Waals surface area contributed by atoms with Gasteiger partial charge in [0.05, 0.1) is 6.26 Å². The molecule has 0 aliphatic heterocycles. The lowest BCUT2D eigenvalue weighted by Crippen LogP contribution is -2.10. The molecule has 0 bridgehead atoms. The highest BCUT2D eigenvalue weighted by Gasteiger charge is 1.99. The molecular formula is C15H13BrO4. The molecule has 1 aromatic heterocycles. The van der Waals surface area contributed by atoms with E-state index >= 15 is 0 Å². The molecule has 0 spiro atoms. The van der Waals surface area contributed by atoms with Gasteiger partial charge in [-0.25, -0.2) is 4.79 Å². The van der Waals surface area contributed by atoms with Crippen molar-refractivity contribution in [1.82, 2.24) is 0 Å². The van der Waals surface area contributed by atoms with Gasteiger partial charge in [0.1, 0.15) is 24.7 Å². The van der Waals surface area contributed by atoms with Crippen LogP contribution in [0.5, 0.6) is 5.75 Å². The summed E-state index contributed by atoms with van der Waals surface area (Å²) >= 11 is 3.34. The van der Waals surface area contributed by atoms with Crippen LogP contribution in [0.15, 0.2) is 57.6 Å².